The minimum absolute atomic E-state index is 0.00228. The van der Waals surface area contributed by atoms with Crippen molar-refractivity contribution in [1.82, 2.24) is 4.90 Å². The highest BCUT2D eigenvalue weighted by Gasteiger charge is 2.34. The molecule has 0 aromatic heterocycles. The average Bonchev–Trinajstić information content (AvgIpc) is 2.83. The Morgan fingerprint density at radius 3 is 2.32 bits per heavy atom. The molecule has 2 amide bonds. The number of nitro groups is 1. The molecule has 2 aromatic rings. The van der Waals surface area contributed by atoms with E-state index in [1.54, 1.807) is 24.3 Å². The van der Waals surface area contributed by atoms with Crippen LogP contribution in [-0.2, 0) is 0 Å². The Kier molecular flexibility index (Phi) is 4.42. The molecule has 2 aromatic carbocycles. The van der Waals surface area contributed by atoms with Crippen LogP contribution in [0.15, 0.2) is 42.5 Å². The van der Waals surface area contributed by atoms with E-state index >= 15 is 0 Å². The zero-order chi connectivity index (χ0) is 18.0. The monoisotopic (exact) mass is 344 g/mol. The number of carbonyl (C=O) groups is 2. The normalized spacial score (nSPS) is 13.1. The topological polar surface area (TPSA) is 89.8 Å². The minimum atomic E-state index is -0.668. The third kappa shape index (κ3) is 3.18. The Morgan fingerprint density at radius 2 is 1.72 bits per heavy atom. The SMILES string of the molecule is O=C1c2ccccc2C(=O)N1CCCOc1cc(F)ccc1[N+](=O)[O-]. The van der Waals surface area contributed by atoms with Crippen molar-refractivity contribution in [2.24, 2.45) is 0 Å². The average molecular weight is 344 g/mol. The van der Waals surface area contributed by atoms with E-state index in [4.69, 9.17) is 4.74 Å². The maximum absolute atomic E-state index is 13.2. The van der Waals surface area contributed by atoms with E-state index in [0.29, 0.717) is 11.1 Å². The fraction of sp³-hybridized carbons (Fsp3) is 0.176. The Labute approximate surface area is 141 Å². The largest absolute Gasteiger partial charge is 0.487 e. The molecule has 0 saturated heterocycles. The van der Waals surface area contributed by atoms with Crippen LogP contribution in [0.5, 0.6) is 5.75 Å². The molecule has 0 spiro atoms. The van der Waals surface area contributed by atoms with Gasteiger partial charge in [-0.25, -0.2) is 4.39 Å². The summed E-state index contributed by atoms with van der Waals surface area (Å²) in [5, 5.41) is 10.9. The van der Waals surface area contributed by atoms with Gasteiger partial charge in [-0.1, -0.05) is 12.1 Å². The number of rotatable bonds is 6. The van der Waals surface area contributed by atoms with E-state index in [2.05, 4.69) is 0 Å². The molecular formula is C17H13FN2O5. The quantitative estimate of drug-likeness (QED) is 0.348. The summed E-state index contributed by atoms with van der Waals surface area (Å²) >= 11 is 0. The Bertz CT molecular complexity index is 833. The van der Waals surface area contributed by atoms with Gasteiger partial charge in [-0.3, -0.25) is 24.6 Å². The lowest BCUT2D eigenvalue weighted by atomic mass is 10.1. The molecule has 128 valence electrons. The first-order chi connectivity index (χ1) is 12.0. The van der Waals surface area contributed by atoms with Gasteiger partial charge in [0.2, 0.25) is 0 Å². The highest BCUT2D eigenvalue weighted by Crippen LogP contribution is 2.28. The number of benzene rings is 2. The van der Waals surface area contributed by atoms with Crippen LogP contribution in [0.2, 0.25) is 0 Å². The molecule has 0 atom stereocenters. The number of ether oxygens (including phenoxy) is 1. The van der Waals surface area contributed by atoms with Gasteiger partial charge in [-0.05, 0) is 24.6 Å². The number of nitrogens with zero attached hydrogens (tertiary/aromatic N) is 2. The summed E-state index contributed by atoms with van der Waals surface area (Å²) in [6, 6.07) is 9.46. The highest BCUT2D eigenvalue weighted by atomic mass is 19.1. The Balaban J connectivity index is 1.60. The lowest BCUT2D eigenvalue weighted by molar-refractivity contribution is -0.385. The second kappa shape index (κ2) is 6.68. The number of fused-ring (bicyclic) bond motifs is 1. The van der Waals surface area contributed by atoms with E-state index in [9.17, 15) is 24.1 Å². The third-order valence-electron chi connectivity index (χ3n) is 3.78. The van der Waals surface area contributed by atoms with Crippen molar-refractivity contribution in [3.05, 3.63) is 69.5 Å². The van der Waals surface area contributed by atoms with Gasteiger partial charge in [0.15, 0.2) is 5.75 Å². The molecule has 1 aliphatic heterocycles. The van der Waals surface area contributed by atoms with E-state index in [0.717, 1.165) is 23.1 Å². The van der Waals surface area contributed by atoms with Crippen molar-refractivity contribution in [2.45, 2.75) is 6.42 Å². The first-order valence-corrected chi connectivity index (χ1v) is 7.51. The van der Waals surface area contributed by atoms with E-state index in [1.807, 2.05) is 0 Å². The van der Waals surface area contributed by atoms with Crippen LogP contribution in [0.25, 0.3) is 0 Å². The molecule has 8 heteroatoms. The zero-order valence-electron chi connectivity index (χ0n) is 13.0. The van der Waals surface area contributed by atoms with Gasteiger partial charge >= 0.3 is 5.69 Å². The fourth-order valence-electron chi connectivity index (χ4n) is 2.60. The number of amides is 2. The smallest absolute Gasteiger partial charge is 0.311 e. The maximum atomic E-state index is 13.2. The van der Waals surface area contributed by atoms with E-state index in [1.165, 1.54) is 0 Å². The van der Waals surface area contributed by atoms with Crippen molar-refractivity contribution in [1.29, 1.82) is 0 Å². The predicted octanol–water partition coefficient (Wildman–Crippen LogP) is 2.80. The number of halogens is 1. The summed E-state index contributed by atoms with van der Waals surface area (Å²) in [4.78, 5) is 35.7. The number of hydrogen-bond acceptors (Lipinski definition) is 5. The van der Waals surface area contributed by atoms with Crippen LogP contribution < -0.4 is 4.74 Å². The molecule has 0 fully saturated rings. The van der Waals surface area contributed by atoms with Gasteiger partial charge in [-0.15, -0.1) is 0 Å². The minimum Gasteiger partial charge on any atom is -0.487 e. The van der Waals surface area contributed by atoms with Crippen LogP contribution in [0.1, 0.15) is 27.1 Å². The van der Waals surface area contributed by atoms with E-state index in [-0.39, 0.29) is 42.8 Å². The molecule has 0 bridgehead atoms. The van der Waals surface area contributed by atoms with E-state index < -0.39 is 10.7 Å². The van der Waals surface area contributed by atoms with Crippen molar-refractivity contribution in [2.75, 3.05) is 13.2 Å². The molecule has 0 radical (unpaired) electrons. The predicted molar refractivity (Wildman–Crippen MR) is 85.0 cm³/mol. The summed E-state index contributed by atoms with van der Waals surface area (Å²) in [5.74, 6) is -1.59. The Morgan fingerprint density at radius 1 is 1.08 bits per heavy atom. The summed E-state index contributed by atoms with van der Waals surface area (Å²) in [6.45, 7) is 0.104. The van der Waals surface area contributed by atoms with Gasteiger partial charge in [0.1, 0.15) is 5.82 Å². The lowest BCUT2D eigenvalue weighted by Gasteiger charge is -2.14. The molecule has 0 N–H and O–H groups in total. The molecule has 1 heterocycles. The second-order valence-electron chi connectivity index (χ2n) is 5.38. The summed E-state index contributed by atoms with van der Waals surface area (Å²) in [7, 11) is 0. The van der Waals surface area contributed by atoms with Gasteiger partial charge < -0.3 is 4.74 Å². The molecule has 0 unspecified atom stereocenters. The molecular weight excluding hydrogens is 331 g/mol. The first-order valence-electron chi connectivity index (χ1n) is 7.51. The van der Waals surface area contributed by atoms with Crippen LogP contribution in [-0.4, -0.2) is 34.8 Å². The number of carbonyl (C=O) groups excluding carboxylic acids is 2. The Hall–Kier alpha value is -3.29. The van der Waals surface area contributed by atoms with Crippen LogP contribution in [0, 0.1) is 15.9 Å². The molecule has 3 rings (SSSR count). The van der Waals surface area contributed by atoms with Gasteiger partial charge in [0, 0.05) is 18.7 Å². The number of imide groups is 1. The third-order valence-corrected chi connectivity index (χ3v) is 3.78. The van der Waals surface area contributed by atoms with Crippen molar-refractivity contribution in [3.63, 3.8) is 0 Å². The summed E-state index contributed by atoms with van der Waals surface area (Å²) in [5.41, 5.74) is 0.366. The molecule has 25 heavy (non-hydrogen) atoms. The van der Waals surface area contributed by atoms with Gasteiger partial charge in [0.25, 0.3) is 11.8 Å². The maximum Gasteiger partial charge on any atom is 0.311 e. The van der Waals surface area contributed by atoms with Gasteiger partial charge in [0.05, 0.1) is 22.7 Å². The number of hydrogen-bond donors (Lipinski definition) is 0. The van der Waals surface area contributed by atoms with Crippen molar-refractivity contribution >= 4 is 17.5 Å². The second-order valence-corrected chi connectivity index (χ2v) is 5.38. The summed E-state index contributed by atoms with van der Waals surface area (Å²) in [6.07, 6.45) is 0.263. The zero-order valence-corrected chi connectivity index (χ0v) is 13.0. The molecule has 1 aliphatic rings. The van der Waals surface area contributed by atoms with Crippen LogP contribution >= 0.6 is 0 Å². The van der Waals surface area contributed by atoms with Crippen LogP contribution in [0.4, 0.5) is 10.1 Å². The standard InChI is InChI=1S/C17H13FN2O5/c18-11-6-7-14(20(23)24)15(10-11)25-9-3-8-19-16(21)12-4-1-2-5-13(12)17(19)22/h1-2,4-7,10H,3,8-9H2. The molecule has 7 nitrogen and oxygen atoms in total. The van der Waals surface area contributed by atoms with Crippen molar-refractivity contribution in [3.8, 4) is 5.75 Å². The number of nitro benzene ring substituents is 1. The molecule has 0 saturated carbocycles. The lowest BCUT2D eigenvalue weighted by Crippen LogP contribution is -2.31. The van der Waals surface area contributed by atoms with Gasteiger partial charge in [-0.2, -0.15) is 0 Å². The summed E-state index contributed by atoms with van der Waals surface area (Å²) < 4.78 is 18.5. The molecule has 0 aliphatic carbocycles. The fourth-order valence-corrected chi connectivity index (χ4v) is 2.60. The van der Waals surface area contributed by atoms with Crippen molar-refractivity contribution < 1.29 is 23.6 Å². The highest BCUT2D eigenvalue weighted by molar-refractivity contribution is 6.21. The van der Waals surface area contributed by atoms with Crippen LogP contribution in [0.3, 0.4) is 0 Å². The first kappa shape index (κ1) is 16.6.